The Hall–Kier alpha value is -3.24. The van der Waals surface area contributed by atoms with Crippen molar-refractivity contribution in [2.24, 2.45) is 11.7 Å². The molecule has 0 spiro atoms. The summed E-state index contributed by atoms with van der Waals surface area (Å²) >= 11 is 0. The lowest BCUT2D eigenvalue weighted by molar-refractivity contribution is -0.137. The molecule has 0 bridgehead atoms. The van der Waals surface area contributed by atoms with Gasteiger partial charge < -0.3 is 10.6 Å². The second-order valence-electron chi connectivity index (χ2n) is 6.84. The number of piperidine rings is 1. The first kappa shape index (κ1) is 19.1. The molecule has 1 atom stereocenters. The van der Waals surface area contributed by atoms with Crippen LogP contribution in [0.25, 0.3) is 17.0 Å². The SMILES string of the molecule is NC(=O)C1CCCN(c2ncc(F)c(-c3cnc4ccc(C(F)(F)F)cn34)n2)C1. The molecule has 1 fully saturated rings. The van der Waals surface area contributed by atoms with Gasteiger partial charge in [-0.1, -0.05) is 0 Å². The maximum Gasteiger partial charge on any atom is 0.417 e. The van der Waals surface area contributed by atoms with Crippen LogP contribution in [-0.2, 0) is 11.0 Å². The normalized spacial score (nSPS) is 17.7. The molecule has 0 saturated carbocycles. The summed E-state index contributed by atoms with van der Waals surface area (Å²) in [6.07, 6.45) is -0.154. The molecule has 1 aliphatic rings. The van der Waals surface area contributed by atoms with Gasteiger partial charge in [-0.3, -0.25) is 9.20 Å². The van der Waals surface area contributed by atoms with Gasteiger partial charge in [0.1, 0.15) is 11.3 Å². The lowest BCUT2D eigenvalue weighted by atomic mass is 9.98. The van der Waals surface area contributed by atoms with Gasteiger partial charge in [0.2, 0.25) is 11.9 Å². The number of hydrogen-bond acceptors (Lipinski definition) is 5. The van der Waals surface area contributed by atoms with Crippen molar-refractivity contribution in [2.75, 3.05) is 18.0 Å². The number of primary amides is 1. The van der Waals surface area contributed by atoms with Crippen molar-refractivity contribution in [3.63, 3.8) is 0 Å². The first-order valence-corrected chi connectivity index (χ1v) is 8.85. The maximum atomic E-state index is 14.5. The molecule has 0 aliphatic carbocycles. The molecule has 4 rings (SSSR count). The summed E-state index contributed by atoms with van der Waals surface area (Å²) in [5, 5.41) is 0. The van der Waals surface area contributed by atoms with Gasteiger partial charge in [-0.2, -0.15) is 13.2 Å². The highest BCUT2D eigenvalue weighted by molar-refractivity contribution is 5.77. The van der Waals surface area contributed by atoms with Crippen LogP contribution >= 0.6 is 0 Å². The molecule has 0 radical (unpaired) electrons. The standard InChI is InChI=1S/C18H16F4N6O/c19-12-6-25-17(27-5-1-2-10(8-27)16(23)29)26-15(12)13-7-24-14-4-3-11(9-28(13)14)18(20,21)22/h3-4,6-7,9-10H,1-2,5,8H2,(H2,23,29). The Bertz CT molecular complexity index is 1080. The number of aromatic nitrogens is 4. The smallest absolute Gasteiger partial charge is 0.369 e. The Balaban J connectivity index is 1.76. The van der Waals surface area contributed by atoms with Crippen LogP contribution in [0.1, 0.15) is 18.4 Å². The van der Waals surface area contributed by atoms with Crippen molar-refractivity contribution in [1.29, 1.82) is 0 Å². The van der Waals surface area contributed by atoms with Crippen LogP contribution in [0.4, 0.5) is 23.5 Å². The molecular formula is C18H16F4N6O. The van der Waals surface area contributed by atoms with E-state index in [-0.39, 0.29) is 28.9 Å². The van der Waals surface area contributed by atoms with Crippen LogP contribution in [0.5, 0.6) is 0 Å². The fourth-order valence-corrected chi connectivity index (χ4v) is 3.40. The third kappa shape index (κ3) is 3.59. The molecular weight excluding hydrogens is 392 g/mol. The van der Waals surface area contributed by atoms with E-state index in [9.17, 15) is 22.4 Å². The van der Waals surface area contributed by atoms with E-state index in [1.165, 1.54) is 12.3 Å². The number of carbonyl (C=O) groups is 1. The monoisotopic (exact) mass is 408 g/mol. The van der Waals surface area contributed by atoms with E-state index in [0.717, 1.165) is 22.9 Å². The molecule has 0 aromatic carbocycles. The second kappa shape index (κ2) is 6.98. The quantitative estimate of drug-likeness (QED) is 0.673. The van der Waals surface area contributed by atoms with E-state index in [0.29, 0.717) is 25.9 Å². The van der Waals surface area contributed by atoms with Crippen LogP contribution in [0.15, 0.2) is 30.7 Å². The van der Waals surface area contributed by atoms with Crippen molar-refractivity contribution in [3.05, 3.63) is 42.1 Å². The number of nitrogens with two attached hydrogens (primary N) is 1. The van der Waals surface area contributed by atoms with Crippen LogP contribution < -0.4 is 10.6 Å². The van der Waals surface area contributed by atoms with Gasteiger partial charge in [0.05, 0.1) is 29.6 Å². The molecule has 7 nitrogen and oxygen atoms in total. The van der Waals surface area contributed by atoms with E-state index in [1.54, 1.807) is 4.90 Å². The zero-order valence-electron chi connectivity index (χ0n) is 15.0. The number of fused-ring (bicyclic) bond motifs is 1. The van der Waals surface area contributed by atoms with Crippen LogP contribution in [0, 0.1) is 11.7 Å². The Kier molecular flexibility index (Phi) is 4.59. The Morgan fingerprint density at radius 2 is 2.00 bits per heavy atom. The molecule has 1 amide bonds. The van der Waals surface area contributed by atoms with Crippen molar-refractivity contribution < 1.29 is 22.4 Å². The summed E-state index contributed by atoms with van der Waals surface area (Å²) < 4.78 is 54.8. The minimum Gasteiger partial charge on any atom is -0.369 e. The summed E-state index contributed by atoms with van der Waals surface area (Å²) in [5.41, 5.74) is 4.60. The molecule has 3 aromatic rings. The predicted molar refractivity (Wildman–Crippen MR) is 95.3 cm³/mol. The van der Waals surface area contributed by atoms with Gasteiger partial charge >= 0.3 is 6.18 Å². The molecule has 1 saturated heterocycles. The Labute approximate surface area is 162 Å². The van der Waals surface area contributed by atoms with Crippen molar-refractivity contribution in [2.45, 2.75) is 19.0 Å². The fraction of sp³-hybridized carbons (Fsp3) is 0.333. The van der Waals surface area contributed by atoms with Gasteiger partial charge in [-0.15, -0.1) is 0 Å². The van der Waals surface area contributed by atoms with E-state index in [2.05, 4.69) is 15.0 Å². The lowest BCUT2D eigenvalue weighted by Gasteiger charge is -2.31. The molecule has 4 heterocycles. The molecule has 152 valence electrons. The summed E-state index contributed by atoms with van der Waals surface area (Å²) in [6.45, 7) is 0.853. The third-order valence-corrected chi connectivity index (χ3v) is 4.91. The molecule has 11 heteroatoms. The van der Waals surface area contributed by atoms with E-state index in [4.69, 9.17) is 5.73 Å². The van der Waals surface area contributed by atoms with Gasteiger partial charge in [-0.25, -0.2) is 19.3 Å². The summed E-state index contributed by atoms with van der Waals surface area (Å²) in [4.78, 5) is 25.4. The number of rotatable bonds is 3. The largest absolute Gasteiger partial charge is 0.417 e. The highest BCUT2D eigenvalue weighted by Gasteiger charge is 2.31. The second-order valence-corrected chi connectivity index (χ2v) is 6.84. The number of alkyl halides is 3. The van der Waals surface area contributed by atoms with Gasteiger partial charge in [-0.05, 0) is 25.0 Å². The maximum absolute atomic E-state index is 14.5. The van der Waals surface area contributed by atoms with Gasteiger partial charge in [0.15, 0.2) is 5.82 Å². The topological polar surface area (TPSA) is 89.4 Å². The molecule has 29 heavy (non-hydrogen) atoms. The number of anilines is 1. The van der Waals surface area contributed by atoms with Gasteiger partial charge in [0, 0.05) is 19.3 Å². The minimum absolute atomic E-state index is 0.0655. The van der Waals surface area contributed by atoms with E-state index in [1.807, 2.05) is 0 Å². The fourth-order valence-electron chi connectivity index (χ4n) is 3.40. The number of halogens is 4. The number of pyridine rings is 1. The average molecular weight is 408 g/mol. The zero-order chi connectivity index (χ0) is 20.8. The Morgan fingerprint density at radius 3 is 2.72 bits per heavy atom. The number of nitrogens with zero attached hydrogens (tertiary/aromatic N) is 5. The molecule has 3 aromatic heterocycles. The summed E-state index contributed by atoms with van der Waals surface area (Å²) in [7, 11) is 0. The lowest BCUT2D eigenvalue weighted by Crippen LogP contribution is -2.42. The zero-order valence-corrected chi connectivity index (χ0v) is 15.0. The number of hydrogen-bond donors (Lipinski definition) is 1. The van der Waals surface area contributed by atoms with Crippen molar-refractivity contribution in [3.8, 4) is 11.4 Å². The minimum atomic E-state index is -4.55. The summed E-state index contributed by atoms with van der Waals surface area (Å²) in [6, 6.07) is 2.11. The van der Waals surface area contributed by atoms with Crippen LogP contribution in [-0.4, -0.2) is 38.3 Å². The number of amides is 1. The number of carbonyl (C=O) groups excluding carboxylic acids is 1. The predicted octanol–water partition coefficient (Wildman–Crippen LogP) is 2.65. The highest BCUT2D eigenvalue weighted by Crippen LogP contribution is 2.31. The number of imidazole rings is 1. The Morgan fingerprint density at radius 1 is 1.21 bits per heavy atom. The first-order chi connectivity index (χ1) is 13.7. The van der Waals surface area contributed by atoms with E-state index >= 15 is 0 Å². The van der Waals surface area contributed by atoms with Crippen LogP contribution in [0.3, 0.4) is 0 Å². The first-order valence-electron chi connectivity index (χ1n) is 8.85. The molecule has 1 aliphatic heterocycles. The van der Waals surface area contributed by atoms with Gasteiger partial charge in [0.25, 0.3) is 0 Å². The van der Waals surface area contributed by atoms with Crippen LogP contribution in [0.2, 0.25) is 0 Å². The molecule has 1 unspecified atom stereocenters. The van der Waals surface area contributed by atoms with Crippen molar-refractivity contribution in [1.82, 2.24) is 19.4 Å². The average Bonchev–Trinajstić information content (AvgIpc) is 3.11. The van der Waals surface area contributed by atoms with Crippen molar-refractivity contribution >= 4 is 17.5 Å². The summed E-state index contributed by atoms with van der Waals surface area (Å²) in [5.74, 6) is -1.42. The third-order valence-electron chi connectivity index (χ3n) is 4.91. The molecule has 2 N–H and O–H groups in total. The highest BCUT2D eigenvalue weighted by atomic mass is 19.4. The van der Waals surface area contributed by atoms with E-state index < -0.39 is 23.5 Å².